The third kappa shape index (κ3) is 3.57. The number of allylic oxidation sites excluding steroid dienone is 2. The molecule has 1 aromatic heterocycles. The van der Waals surface area contributed by atoms with E-state index in [2.05, 4.69) is 0 Å². The first-order valence-electron chi connectivity index (χ1n) is 6.65. The van der Waals surface area contributed by atoms with Gasteiger partial charge in [-0.2, -0.15) is 10.5 Å². The van der Waals surface area contributed by atoms with Gasteiger partial charge < -0.3 is 0 Å². The minimum Gasteiger partial charge on any atom is -0.248 e. The van der Waals surface area contributed by atoms with Crippen molar-refractivity contribution in [1.82, 2.24) is 3.97 Å². The second-order valence-electron chi connectivity index (χ2n) is 4.74. The second-order valence-corrected chi connectivity index (χ2v) is 6.58. The zero-order chi connectivity index (χ0) is 16.9. The SMILES string of the molecule is Cc1ccc(S(=O)(=O)n2cc(/C=C/C#N)c(/C=C/C#N)c2)cc1. The number of nitriles is 2. The summed E-state index contributed by atoms with van der Waals surface area (Å²) in [4.78, 5) is 0.171. The van der Waals surface area contributed by atoms with Gasteiger partial charge in [0.1, 0.15) is 0 Å². The van der Waals surface area contributed by atoms with E-state index in [0.29, 0.717) is 11.1 Å². The molecule has 6 heteroatoms. The smallest absolute Gasteiger partial charge is 0.248 e. The summed E-state index contributed by atoms with van der Waals surface area (Å²) in [7, 11) is -3.72. The van der Waals surface area contributed by atoms with Crippen molar-refractivity contribution >= 4 is 22.2 Å². The minimum absolute atomic E-state index is 0.171. The molecule has 0 bridgehead atoms. The Hall–Kier alpha value is -3.09. The van der Waals surface area contributed by atoms with Gasteiger partial charge in [0, 0.05) is 35.7 Å². The molecule has 2 rings (SSSR count). The van der Waals surface area contributed by atoms with Gasteiger partial charge >= 0.3 is 0 Å². The van der Waals surface area contributed by atoms with Gasteiger partial charge in [-0.05, 0) is 31.2 Å². The molecule has 0 amide bonds. The number of hydrogen-bond donors (Lipinski definition) is 0. The topological polar surface area (TPSA) is 86.7 Å². The normalized spacial score (nSPS) is 11.6. The van der Waals surface area contributed by atoms with E-state index in [-0.39, 0.29) is 4.90 Å². The molecule has 23 heavy (non-hydrogen) atoms. The number of rotatable bonds is 4. The molecule has 0 aliphatic heterocycles. The highest BCUT2D eigenvalue weighted by Crippen LogP contribution is 2.21. The van der Waals surface area contributed by atoms with Crippen LogP contribution < -0.4 is 0 Å². The third-order valence-corrected chi connectivity index (χ3v) is 4.77. The van der Waals surface area contributed by atoms with Crippen molar-refractivity contribution < 1.29 is 8.42 Å². The zero-order valence-electron chi connectivity index (χ0n) is 12.3. The Bertz CT molecular complexity index is 909. The summed E-state index contributed by atoms with van der Waals surface area (Å²) in [6.07, 6.45) is 8.33. The highest BCUT2D eigenvalue weighted by Gasteiger charge is 2.17. The van der Waals surface area contributed by atoms with Gasteiger partial charge in [-0.1, -0.05) is 17.7 Å². The largest absolute Gasteiger partial charge is 0.267 e. The van der Waals surface area contributed by atoms with Crippen LogP contribution in [0.15, 0.2) is 53.7 Å². The molecule has 114 valence electrons. The molecule has 1 heterocycles. The van der Waals surface area contributed by atoms with E-state index < -0.39 is 10.0 Å². The average molecular weight is 323 g/mol. The van der Waals surface area contributed by atoms with Crippen molar-refractivity contribution in [2.45, 2.75) is 11.8 Å². The van der Waals surface area contributed by atoms with E-state index in [9.17, 15) is 8.42 Å². The summed E-state index contributed by atoms with van der Waals surface area (Å²) in [6, 6.07) is 10.2. The van der Waals surface area contributed by atoms with E-state index in [0.717, 1.165) is 9.54 Å². The number of hydrogen-bond acceptors (Lipinski definition) is 4. The number of nitrogens with zero attached hydrogens (tertiary/aromatic N) is 3. The fourth-order valence-electron chi connectivity index (χ4n) is 1.96. The maximum Gasteiger partial charge on any atom is 0.267 e. The highest BCUT2D eigenvalue weighted by atomic mass is 32.2. The maximum atomic E-state index is 12.6. The predicted octanol–water partition coefficient (Wildman–Crippen LogP) is 3.11. The lowest BCUT2D eigenvalue weighted by molar-refractivity contribution is 0.587. The van der Waals surface area contributed by atoms with Crippen LogP contribution >= 0.6 is 0 Å². The van der Waals surface area contributed by atoms with E-state index in [1.54, 1.807) is 24.3 Å². The summed E-state index contributed by atoms with van der Waals surface area (Å²) in [6.45, 7) is 1.88. The third-order valence-electron chi connectivity index (χ3n) is 3.14. The van der Waals surface area contributed by atoms with Crippen molar-refractivity contribution in [2.75, 3.05) is 0 Å². The fourth-order valence-corrected chi connectivity index (χ4v) is 3.19. The van der Waals surface area contributed by atoms with Crippen molar-refractivity contribution in [2.24, 2.45) is 0 Å². The van der Waals surface area contributed by atoms with Crippen LogP contribution in [0.4, 0.5) is 0 Å². The Morgan fingerprint density at radius 2 is 1.43 bits per heavy atom. The van der Waals surface area contributed by atoms with Gasteiger partial charge in [-0.25, -0.2) is 12.4 Å². The monoisotopic (exact) mass is 323 g/mol. The average Bonchev–Trinajstić information content (AvgIpc) is 2.95. The molecule has 0 aliphatic rings. The molecule has 0 atom stereocenters. The summed E-state index contributed by atoms with van der Waals surface area (Å²) >= 11 is 0. The van der Waals surface area contributed by atoms with E-state index in [1.165, 1.54) is 36.7 Å². The number of benzene rings is 1. The molecule has 2 aromatic rings. The Labute approximate surface area is 135 Å². The first kappa shape index (κ1) is 16.3. The second kappa shape index (κ2) is 6.78. The summed E-state index contributed by atoms with van der Waals surface area (Å²) < 4.78 is 26.4. The highest BCUT2D eigenvalue weighted by molar-refractivity contribution is 7.90. The first-order chi connectivity index (χ1) is 11.0. The van der Waals surface area contributed by atoms with Crippen molar-refractivity contribution in [3.8, 4) is 12.1 Å². The Morgan fingerprint density at radius 1 is 0.957 bits per heavy atom. The molecule has 0 saturated carbocycles. The molecule has 1 aromatic carbocycles. The van der Waals surface area contributed by atoms with Crippen LogP contribution in [0.1, 0.15) is 16.7 Å². The molecule has 5 nitrogen and oxygen atoms in total. The van der Waals surface area contributed by atoms with E-state index in [1.807, 2.05) is 19.1 Å². The Kier molecular flexibility index (Phi) is 4.80. The summed E-state index contributed by atoms with van der Waals surface area (Å²) in [5.74, 6) is 0. The number of aryl methyl sites for hydroxylation is 1. The van der Waals surface area contributed by atoms with Gasteiger partial charge in [0.15, 0.2) is 0 Å². The summed E-state index contributed by atoms with van der Waals surface area (Å²) in [5.41, 5.74) is 2.04. The Morgan fingerprint density at radius 3 is 1.87 bits per heavy atom. The molecule has 0 fully saturated rings. The van der Waals surface area contributed by atoms with Crippen molar-refractivity contribution in [1.29, 1.82) is 10.5 Å². The minimum atomic E-state index is -3.72. The lowest BCUT2D eigenvalue weighted by atomic mass is 10.2. The van der Waals surface area contributed by atoms with Crippen LogP contribution in [-0.4, -0.2) is 12.4 Å². The van der Waals surface area contributed by atoms with Crippen LogP contribution in [-0.2, 0) is 10.0 Å². The van der Waals surface area contributed by atoms with Gasteiger partial charge in [-0.15, -0.1) is 0 Å². The van der Waals surface area contributed by atoms with Crippen LogP contribution in [0.2, 0.25) is 0 Å². The number of aromatic nitrogens is 1. The predicted molar refractivity (Wildman–Crippen MR) is 87.5 cm³/mol. The van der Waals surface area contributed by atoms with Gasteiger partial charge in [-0.3, -0.25) is 0 Å². The van der Waals surface area contributed by atoms with Crippen LogP contribution in [0.5, 0.6) is 0 Å². The molecular weight excluding hydrogens is 310 g/mol. The summed E-state index contributed by atoms with van der Waals surface area (Å²) in [5, 5.41) is 17.3. The van der Waals surface area contributed by atoms with Crippen LogP contribution in [0.3, 0.4) is 0 Å². The molecule has 0 aliphatic carbocycles. The maximum absolute atomic E-state index is 12.6. The van der Waals surface area contributed by atoms with Gasteiger partial charge in [0.25, 0.3) is 10.0 Å². The van der Waals surface area contributed by atoms with E-state index >= 15 is 0 Å². The van der Waals surface area contributed by atoms with Gasteiger partial charge in [0.05, 0.1) is 17.0 Å². The fraction of sp³-hybridized carbons (Fsp3) is 0.0588. The molecule has 0 unspecified atom stereocenters. The Balaban J connectivity index is 2.55. The first-order valence-corrected chi connectivity index (χ1v) is 8.09. The van der Waals surface area contributed by atoms with Crippen LogP contribution in [0.25, 0.3) is 12.2 Å². The van der Waals surface area contributed by atoms with Crippen molar-refractivity contribution in [3.05, 3.63) is 65.5 Å². The molecular formula is C17H13N3O2S. The van der Waals surface area contributed by atoms with E-state index in [4.69, 9.17) is 10.5 Å². The standard InChI is InChI=1S/C17H13N3O2S/c1-14-6-8-17(9-7-14)23(21,22)20-12-15(4-2-10-18)16(13-20)5-3-11-19/h2-9,12-13H,1H3/b4-2+,5-3+. The lowest BCUT2D eigenvalue weighted by Crippen LogP contribution is -2.10. The molecule has 0 radical (unpaired) electrons. The van der Waals surface area contributed by atoms with Gasteiger partial charge in [0.2, 0.25) is 0 Å². The van der Waals surface area contributed by atoms with Crippen molar-refractivity contribution in [3.63, 3.8) is 0 Å². The molecule has 0 saturated heterocycles. The van der Waals surface area contributed by atoms with Crippen LogP contribution in [0, 0.1) is 29.6 Å². The quantitative estimate of drug-likeness (QED) is 0.809. The molecule has 0 spiro atoms. The zero-order valence-corrected chi connectivity index (χ0v) is 13.2. The lowest BCUT2D eigenvalue weighted by Gasteiger charge is -2.05. The molecule has 0 N–H and O–H groups in total.